The fourth-order valence-corrected chi connectivity index (χ4v) is 1.55. The van der Waals surface area contributed by atoms with Gasteiger partial charge in [0.2, 0.25) is 5.91 Å². The van der Waals surface area contributed by atoms with Crippen molar-refractivity contribution in [2.75, 3.05) is 18.4 Å². The van der Waals surface area contributed by atoms with E-state index in [0.717, 1.165) is 6.54 Å². The topological polar surface area (TPSA) is 64.9 Å². The number of anilines is 1. The number of hydrogen-bond acceptors (Lipinski definition) is 3. The summed E-state index contributed by atoms with van der Waals surface area (Å²) >= 11 is 0. The molecule has 1 saturated carbocycles. The second-order valence-electron chi connectivity index (χ2n) is 4.41. The Morgan fingerprint density at radius 3 is 2.94 bits per heavy atom. The maximum absolute atomic E-state index is 13.1. The first-order valence-corrected chi connectivity index (χ1v) is 5.89. The van der Waals surface area contributed by atoms with Crippen LogP contribution < -0.4 is 10.6 Å². The maximum atomic E-state index is 13.1. The van der Waals surface area contributed by atoms with E-state index in [0.29, 0.717) is 11.6 Å². The van der Waals surface area contributed by atoms with Gasteiger partial charge in [-0.15, -0.1) is 0 Å². The zero-order valence-electron chi connectivity index (χ0n) is 9.87. The lowest BCUT2D eigenvalue weighted by Gasteiger charge is -2.07. The van der Waals surface area contributed by atoms with Gasteiger partial charge in [-0.1, -0.05) is 0 Å². The van der Waals surface area contributed by atoms with Crippen LogP contribution in [0.4, 0.5) is 10.1 Å². The van der Waals surface area contributed by atoms with Gasteiger partial charge in [-0.2, -0.15) is 5.26 Å². The fourth-order valence-electron chi connectivity index (χ4n) is 1.55. The summed E-state index contributed by atoms with van der Waals surface area (Å²) in [4.78, 5) is 11.5. The van der Waals surface area contributed by atoms with Crippen LogP contribution in [0.25, 0.3) is 0 Å². The van der Waals surface area contributed by atoms with Crippen molar-refractivity contribution in [3.8, 4) is 6.07 Å². The van der Waals surface area contributed by atoms with Crippen molar-refractivity contribution >= 4 is 11.6 Å². The molecule has 0 unspecified atom stereocenters. The standard InChI is InChI=1S/C13H14FN3O/c14-12-4-3-11(5-10(12)6-15)16-8-13(18)17-7-9-1-2-9/h3-5,9,16H,1-2,7-8H2,(H,17,18). The molecule has 0 radical (unpaired) electrons. The van der Waals surface area contributed by atoms with Crippen molar-refractivity contribution in [3.05, 3.63) is 29.6 Å². The van der Waals surface area contributed by atoms with Crippen molar-refractivity contribution in [3.63, 3.8) is 0 Å². The van der Waals surface area contributed by atoms with Crippen LogP contribution in [0.3, 0.4) is 0 Å². The van der Waals surface area contributed by atoms with Gasteiger partial charge in [0.1, 0.15) is 11.9 Å². The molecule has 0 atom stereocenters. The number of hydrogen-bond donors (Lipinski definition) is 2. The summed E-state index contributed by atoms with van der Waals surface area (Å²) < 4.78 is 13.1. The van der Waals surface area contributed by atoms with E-state index in [1.165, 1.54) is 31.0 Å². The molecule has 0 saturated heterocycles. The molecule has 94 valence electrons. The van der Waals surface area contributed by atoms with E-state index in [4.69, 9.17) is 5.26 Å². The van der Waals surface area contributed by atoms with E-state index < -0.39 is 5.82 Å². The third kappa shape index (κ3) is 3.45. The zero-order valence-corrected chi connectivity index (χ0v) is 9.87. The lowest BCUT2D eigenvalue weighted by Crippen LogP contribution is -2.31. The molecule has 1 aliphatic rings. The SMILES string of the molecule is N#Cc1cc(NCC(=O)NCC2CC2)ccc1F. The van der Waals surface area contributed by atoms with Gasteiger partial charge < -0.3 is 10.6 Å². The number of nitriles is 1. The Morgan fingerprint density at radius 2 is 2.28 bits per heavy atom. The van der Waals surface area contributed by atoms with Crippen molar-refractivity contribution in [1.82, 2.24) is 5.32 Å². The largest absolute Gasteiger partial charge is 0.376 e. The molecular formula is C13H14FN3O. The molecule has 0 aromatic heterocycles. The fraction of sp³-hybridized carbons (Fsp3) is 0.385. The third-order valence-electron chi connectivity index (χ3n) is 2.82. The average Bonchev–Trinajstić information content (AvgIpc) is 3.19. The highest BCUT2D eigenvalue weighted by atomic mass is 19.1. The van der Waals surface area contributed by atoms with E-state index in [9.17, 15) is 9.18 Å². The molecule has 2 N–H and O–H groups in total. The highest BCUT2D eigenvalue weighted by molar-refractivity contribution is 5.80. The monoisotopic (exact) mass is 247 g/mol. The summed E-state index contributed by atoms with van der Waals surface area (Å²) in [7, 11) is 0. The number of nitrogens with zero attached hydrogens (tertiary/aromatic N) is 1. The Kier molecular flexibility index (Phi) is 3.78. The second-order valence-corrected chi connectivity index (χ2v) is 4.41. The molecule has 18 heavy (non-hydrogen) atoms. The second kappa shape index (κ2) is 5.50. The summed E-state index contributed by atoms with van der Waals surface area (Å²) in [6, 6.07) is 5.86. The van der Waals surface area contributed by atoms with Crippen molar-refractivity contribution in [1.29, 1.82) is 5.26 Å². The number of amides is 1. The number of benzene rings is 1. The van der Waals surface area contributed by atoms with Crippen molar-refractivity contribution in [2.24, 2.45) is 5.92 Å². The van der Waals surface area contributed by atoms with Gasteiger partial charge in [-0.25, -0.2) is 4.39 Å². The van der Waals surface area contributed by atoms with E-state index in [-0.39, 0.29) is 18.0 Å². The Bertz CT molecular complexity index is 491. The van der Waals surface area contributed by atoms with E-state index in [1.54, 1.807) is 6.07 Å². The first-order chi connectivity index (χ1) is 8.69. The molecule has 1 aromatic carbocycles. The molecule has 2 rings (SSSR count). The number of carbonyl (C=O) groups is 1. The number of carbonyl (C=O) groups excluding carboxylic acids is 1. The number of halogens is 1. The highest BCUT2D eigenvalue weighted by Crippen LogP contribution is 2.27. The summed E-state index contributed by atoms with van der Waals surface area (Å²) in [6.07, 6.45) is 2.38. The van der Waals surface area contributed by atoms with Gasteiger partial charge in [0.25, 0.3) is 0 Å². The lowest BCUT2D eigenvalue weighted by atomic mass is 10.2. The molecule has 0 heterocycles. The van der Waals surface area contributed by atoms with Crippen LogP contribution in [0.5, 0.6) is 0 Å². The molecule has 0 aliphatic heterocycles. The quantitative estimate of drug-likeness (QED) is 0.831. The molecular weight excluding hydrogens is 233 g/mol. The normalized spacial score (nSPS) is 13.8. The smallest absolute Gasteiger partial charge is 0.239 e. The summed E-state index contributed by atoms with van der Waals surface area (Å²) in [5, 5.41) is 14.4. The Balaban J connectivity index is 1.81. The molecule has 1 amide bonds. The summed E-state index contributed by atoms with van der Waals surface area (Å²) in [5.41, 5.74) is 0.535. The van der Waals surface area contributed by atoms with E-state index in [1.807, 2.05) is 0 Å². The summed E-state index contributed by atoms with van der Waals surface area (Å²) in [6.45, 7) is 0.858. The first-order valence-electron chi connectivity index (χ1n) is 5.89. The van der Waals surface area contributed by atoms with Crippen molar-refractivity contribution in [2.45, 2.75) is 12.8 Å². The Hall–Kier alpha value is -2.09. The molecule has 1 aromatic rings. The van der Waals surface area contributed by atoms with Crippen LogP contribution in [0.15, 0.2) is 18.2 Å². The van der Waals surface area contributed by atoms with Crippen LogP contribution in [-0.4, -0.2) is 19.0 Å². The third-order valence-corrected chi connectivity index (χ3v) is 2.82. The lowest BCUT2D eigenvalue weighted by molar-refractivity contribution is -0.119. The maximum Gasteiger partial charge on any atom is 0.239 e. The Morgan fingerprint density at radius 1 is 1.50 bits per heavy atom. The van der Waals surface area contributed by atoms with Crippen LogP contribution in [0.2, 0.25) is 0 Å². The van der Waals surface area contributed by atoms with Crippen LogP contribution in [-0.2, 0) is 4.79 Å². The van der Waals surface area contributed by atoms with Gasteiger partial charge in [-0.3, -0.25) is 4.79 Å². The van der Waals surface area contributed by atoms with Gasteiger partial charge >= 0.3 is 0 Å². The van der Waals surface area contributed by atoms with Gasteiger partial charge in [0.15, 0.2) is 0 Å². The van der Waals surface area contributed by atoms with Crippen LogP contribution in [0, 0.1) is 23.1 Å². The predicted molar refractivity (Wildman–Crippen MR) is 65.3 cm³/mol. The molecule has 1 aliphatic carbocycles. The molecule has 4 nitrogen and oxygen atoms in total. The molecule has 5 heteroatoms. The molecule has 0 spiro atoms. The van der Waals surface area contributed by atoms with Crippen LogP contribution >= 0.6 is 0 Å². The Labute approximate surface area is 105 Å². The average molecular weight is 247 g/mol. The minimum Gasteiger partial charge on any atom is -0.376 e. The van der Waals surface area contributed by atoms with Gasteiger partial charge in [0.05, 0.1) is 12.1 Å². The number of nitrogens with one attached hydrogen (secondary N) is 2. The minimum absolute atomic E-state index is 0.0293. The molecule has 0 bridgehead atoms. The predicted octanol–water partition coefficient (Wildman–Crippen LogP) is 1.64. The van der Waals surface area contributed by atoms with E-state index in [2.05, 4.69) is 10.6 Å². The highest BCUT2D eigenvalue weighted by Gasteiger charge is 2.21. The van der Waals surface area contributed by atoms with Gasteiger partial charge in [0, 0.05) is 12.2 Å². The van der Waals surface area contributed by atoms with Gasteiger partial charge in [-0.05, 0) is 37.0 Å². The first kappa shape index (κ1) is 12.4. The molecule has 1 fully saturated rings. The van der Waals surface area contributed by atoms with E-state index >= 15 is 0 Å². The summed E-state index contributed by atoms with van der Waals surface area (Å²) in [5.74, 6) is -0.00377. The van der Waals surface area contributed by atoms with Crippen LogP contribution in [0.1, 0.15) is 18.4 Å². The zero-order chi connectivity index (χ0) is 13.0. The number of rotatable bonds is 5. The minimum atomic E-state index is -0.554. The van der Waals surface area contributed by atoms with Crippen molar-refractivity contribution < 1.29 is 9.18 Å².